The number of amides is 1. The molecule has 1 aromatic rings. The molecule has 1 aromatic carbocycles. The van der Waals surface area contributed by atoms with Gasteiger partial charge in [-0.25, -0.2) is 0 Å². The zero-order valence-corrected chi connectivity index (χ0v) is 17.1. The summed E-state index contributed by atoms with van der Waals surface area (Å²) in [6.45, 7) is 12.3. The van der Waals surface area contributed by atoms with Crippen LogP contribution in [0.5, 0.6) is 0 Å². The zero-order valence-electron chi connectivity index (χ0n) is 17.1. The lowest BCUT2D eigenvalue weighted by Gasteiger charge is -2.46. The number of piperazine rings is 1. The second kappa shape index (κ2) is 8.72. The Hall–Kier alpha value is -1.43. The number of aliphatic hydroxyl groups is 1. The van der Waals surface area contributed by atoms with Crippen LogP contribution in [0.1, 0.15) is 32.8 Å². The van der Waals surface area contributed by atoms with Gasteiger partial charge >= 0.3 is 0 Å². The Morgan fingerprint density at radius 2 is 1.74 bits per heavy atom. The molecule has 0 aromatic heterocycles. The average molecular weight is 374 g/mol. The molecule has 2 fully saturated rings. The molecule has 27 heavy (non-hydrogen) atoms. The van der Waals surface area contributed by atoms with Crippen molar-refractivity contribution in [3.05, 3.63) is 35.9 Å². The number of rotatable bonds is 4. The number of carbonyl (C=O) groups excluding carboxylic acids is 1. The second-order valence-electron chi connectivity index (χ2n) is 9.04. The Bertz CT molecular complexity index is 606. The highest BCUT2D eigenvalue weighted by atomic mass is 16.3. The normalized spacial score (nSPS) is 25.6. The van der Waals surface area contributed by atoms with E-state index in [1.54, 1.807) is 0 Å². The molecule has 5 nitrogen and oxygen atoms in total. The smallest absolute Gasteiger partial charge is 0.228 e. The van der Waals surface area contributed by atoms with Crippen molar-refractivity contribution in [1.82, 2.24) is 14.7 Å². The van der Waals surface area contributed by atoms with Crippen LogP contribution in [0.2, 0.25) is 0 Å². The standard InChI is InChI=1S/C22H35N3O2/c1-22(2,3)21(27)25-12-10-19(20(26)17-25)24-15-13-23(14-16-24)11-9-18-7-5-4-6-8-18/h4-8,19-20,26H,9-17H2,1-3H3/t19-,20-/m1/s1. The number of likely N-dealkylation sites (tertiary alicyclic amines) is 1. The molecular weight excluding hydrogens is 338 g/mol. The SMILES string of the molecule is CC(C)(C)C(=O)N1CC[C@@H](N2CCN(CCc3ccccc3)CC2)[C@H](O)C1. The molecule has 150 valence electrons. The average Bonchev–Trinajstić information content (AvgIpc) is 2.66. The molecule has 0 unspecified atom stereocenters. The molecule has 1 N–H and O–H groups in total. The van der Waals surface area contributed by atoms with Crippen molar-refractivity contribution in [3.8, 4) is 0 Å². The van der Waals surface area contributed by atoms with E-state index in [1.165, 1.54) is 5.56 Å². The molecule has 0 saturated carbocycles. The van der Waals surface area contributed by atoms with E-state index in [9.17, 15) is 9.90 Å². The molecule has 2 aliphatic rings. The van der Waals surface area contributed by atoms with Gasteiger partial charge in [0.15, 0.2) is 0 Å². The summed E-state index contributed by atoms with van der Waals surface area (Å²) in [4.78, 5) is 19.3. The zero-order chi connectivity index (χ0) is 19.4. The van der Waals surface area contributed by atoms with E-state index in [-0.39, 0.29) is 17.4 Å². The second-order valence-corrected chi connectivity index (χ2v) is 9.04. The van der Waals surface area contributed by atoms with E-state index in [2.05, 4.69) is 40.1 Å². The van der Waals surface area contributed by atoms with Crippen LogP contribution in [0.3, 0.4) is 0 Å². The number of carbonyl (C=O) groups is 1. The number of β-amino-alcohol motifs (C(OH)–C–C–N with tert-alkyl or cyclic N) is 1. The number of nitrogens with zero attached hydrogens (tertiary/aromatic N) is 3. The molecule has 0 aliphatic carbocycles. The first kappa shape index (κ1) is 20.3. The third kappa shape index (κ3) is 5.31. The van der Waals surface area contributed by atoms with Crippen molar-refractivity contribution in [3.63, 3.8) is 0 Å². The predicted octanol–water partition coefficient (Wildman–Crippen LogP) is 1.85. The topological polar surface area (TPSA) is 47.0 Å². The molecule has 0 bridgehead atoms. The minimum atomic E-state index is -0.444. The van der Waals surface area contributed by atoms with Gasteiger partial charge in [-0.05, 0) is 18.4 Å². The summed E-state index contributed by atoms with van der Waals surface area (Å²) in [6.07, 6.45) is 1.52. The maximum Gasteiger partial charge on any atom is 0.228 e. The van der Waals surface area contributed by atoms with Crippen molar-refractivity contribution < 1.29 is 9.90 Å². The molecule has 2 heterocycles. The molecule has 2 atom stereocenters. The van der Waals surface area contributed by atoms with Crippen LogP contribution in [0, 0.1) is 5.41 Å². The summed E-state index contributed by atoms with van der Waals surface area (Å²) in [5.41, 5.74) is 1.02. The van der Waals surface area contributed by atoms with Gasteiger partial charge in [-0.1, -0.05) is 51.1 Å². The molecule has 1 amide bonds. The fraction of sp³-hybridized carbons (Fsp3) is 0.682. The Labute approximate surface area is 163 Å². The van der Waals surface area contributed by atoms with Crippen molar-refractivity contribution in [1.29, 1.82) is 0 Å². The summed E-state index contributed by atoms with van der Waals surface area (Å²) in [7, 11) is 0. The highest BCUT2D eigenvalue weighted by molar-refractivity contribution is 5.81. The van der Waals surface area contributed by atoms with Crippen LogP contribution in [0.25, 0.3) is 0 Å². The Morgan fingerprint density at radius 1 is 1.07 bits per heavy atom. The summed E-state index contributed by atoms with van der Waals surface area (Å²) in [5, 5.41) is 10.7. The van der Waals surface area contributed by atoms with Gasteiger partial charge in [0, 0.05) is 57.3 Å². The fourth-order valence-corrected chi connectivity index (χ4v) is 4.25. The van der Waals surface area contributed by atoms with Crippen LogP contribution >= 0.6 is 0 Å². The summed E-state index contributed by atoms with van der Waals surface area (Å²) in [6, 6.07) is 10.8. The van der Waals surface area contributed by atoms with Gasteiger partial charge in [0.25, 0.3) is 0 Å². The van der Waals surface area contributed by atoms with Crippen molar-refractivity contribution in [2.24, 2.45) is 5.41 Å². The van der Waals surface area contributed by atoms with Crippen LogP contribution < -0.4 is 0 Å². The van der Waals surface area contributed by atoms with Gasteiger partial charge in [0.2, 0.25) is 5.91 Å². The molecule has 5 heteroatoms. The number of benzene rings is 1. The van der Waals surface area contributed by atoms with E-state index in [0.717, 1.165) is 52.1 Å². The van der Waals surface area contributed by atoms with E-state index in [1.807, 2.05) is 25.7 Å². The predicted molar refractivity (Wildman–Crippen MR) is 109 cm³/mol. The van der Waals surface area contributed by atoms with Gasteiger partial charge in [-0.2, -0.15) is 0 Å². The maximum absolute atomic E-state index is 12.5. The van der Waals surface area contributed by atoms with Gasteiger partial charge in [0.05, 0.1) is 6.10 Å². The lowest BCUT2D eigenvalue weighted by atomic mass is 9.91. The highest BCUT2D eigenvalue weighted by Gasteiger charge is 2.37. The van der Waals surface area contributed by atoms with Crippen molar-refractivity contribution in [2.45, 2.75) is 45.8 Å². The summed E-state index contributed by atoms with van der Waals surface area (Å²) in [5.74, 6) is 0.144. The molecule has 2 aliphatic heterocycles. The van der Waals surface area contributed by atoms with E-state index in [0.29, 0.717) is 6.54 Å². The van der Waals surface area contributed by atoms with Crippen LogP contribution in [0.4, 0.5) is 0 Å². The Morgan fingerprint density at radius 3 is 2.33 bits per heavy atom. The first-order chi connectivity index (χ1) is 12.8. The molecule has 0 radical (unpaired) electrons. The lowest BCUT2D eigenvalue weighted by Crippen LogP contribution is -2.60. The quantitative estimate of drug-likeness (QED) is 0.875. The van der Waals surface area contributed by atoms with E-state index < -0.39 is 6.10 Å². The van der Waals surface area contributed by atoms with E-state index in [4.69, 9.17) is 0 Å². The first-order valence-electron chi connectivity index (χ1n) is 10.3. The summed E-state index contributed by atoms with van der Waals surface area (Å²) >= 11 is 0. The Kier molecular flexibility index (Phi) is 6.56. The van der Waals surface area contributed by atoms with Crippen LogP contribution in [0.15, 0.2) is 30.3 Å². The molecule has 2 saturated heterocycles. The number of aliphatic hydroxyl groups excluding tert-OH is 1. The first-order valence-corrected chi connectivity index (χ1v) is 10.3. The third-order valence-electron chi connectivity index (χ3n) is 5.91. The monoisotopic (exact) mass is 373 g/mol. The van der Waals surface area contributed by atoms with E-state index >= 15 is 0 Å². The number of hydrogen-bond acceptors (Lipinski definition) is 4. The van der Waals surface area contributed by atoms with Crippen LogP contribution in [-0.4, -0.2) is 83.7 Å². The summed E-state index contributed by atoms with van der Waals surface area (Å²) < 4.78 is 0. The molecular formula is C22H35N3O2. The maximum atomic E-state index is 12.5. The Balaban J connectivity index is 1.44. The van der Waals surface area contributed by atoms with Gasteiger partial charge < -0.3 is 14.9 Å². The van der Waals surface area contributed by atoms with Crippen LogP contribution in [-0.2, 0) is 11.2 Å². The minimum absolute atomic E-state index is 0.144. The lowest BCUT2D eigenvalue weighted by molar-refractivity contribution is -0.144. The highest BCUT2D eigenvalue weighted by Crippen LogP contribution is 2.24. The number of piperidine rings is 1. The fourth-order valence-electron chi connectivity index (χ4n) is 4.25. The van der Waals surface area contributed by atoms with Gasteiger partial charge in [-0.3, -0.25) is 9.69 Å². The van der Waals surface area contributed by atoms with Gasteiger partial charge in [-0.15, -0.1) is 0 Å². The molecule has 0 spiro atoms. The minimum Gasteiger partial charge on any atom is -0.390 e. The molecule has 3 rings (SSSR count). The van der Waals surface area contributed by atoms with Gasteiger partial charge in [0.1, 0.15) is 0 Å². The largest absolute Gasteiger partial charge is 0.390 e. The van der Waals surface area contributed by atoms with Crippen molar-refractivity contribution in [2.75, 3.05) is 45.8 Å². The third-order valence-corrected chi connectivity index (χ3v) is 5.91. The van der Waals surface area contributed by atoms with Crippen molar-refractivity contribution >= 4 is 5.91 Å². The number of hydrogen-bond donors (Lipinski definition) is 1.